The summed E-state index contributed by atoms with van der Waals surface area (Å²) in [6.45, 7) is 8.28. The van der Waals surface area contributed by atoms with Crippen molar-refractivity contribution in [1.82, 2.24) is 9.78 Å². The summed E-state index contributed by atoms with van der Waals surface area (Å²) in [5, 5.41) is 4.60. The van der Waals surface area contributed by atoms with Crippen LogP contribution in [0.3, 0.4) is 0 Å². The SMILES string of the molecule is COc1ccccc1-c1cc(Br)n(COCC[Si](C)(C)C)n1. The summed E-state index contributed by atoms with van der Waals surface area (Å²) in [7, 11) is 0.619. The van der Waals surface area contributed by atoms with Crippen LogP contribution in [-0.2, 0) is 11.5 Å². The zero-order valence-corrected chi connectivity index (χ0v) is 16.2. The monoisotopic (exact) mass is 382 g/mol. The van der Waals surface area contributed by atoms with Crippen molar-refractivity contribution < 1.29 is 9.47 Å². The molecule has 0 fully saturated rings. The lowest BCUT2D eigenvalue weighted by molar-refractivity contribution is 0.0771. The van der Waals surface area contributed by atoms with Crippen LogP contribution in [-0.4, -0.2) is 31.6 Å². The first-order chi connectivity index (χ1) is 10.4. The van der Waals surface area contributed by atoms with Crippen LogP contribution in [0.2, 0.25) is 25.7 Å². The highest BCUT2D eigenvalue weighted by Gasteiger charge is 2.14. The van der Waals surface area contributed by atoms with E-state index in [1.165, 1.54) is 0 Å². The first-order valence-electron chi connectivity index (χ1n) is 7.35. The average molecular weight is 383 g/mol. The molecule has 1 aromatic carbocycles. The number of benzene rings is 1. The number of ether oxygens (including phenoxy) is 2. The third-order valence-electron chi connectivity index (χ3n) is 3.32. The molecule has 0 atom stereocenters. The second-order valence-corrected chi connectivity index (χ2v) is 12.8. The Kier molecular flexibility index (Phi) is 5.83. The van der Waals surface area contributed by atoms with E-state index in [9.17, 15) is 0 Å². The number of para-hydroxylation sites is 1. The van der Waals surface area contributed by atoms with Gasteiger partial charge >= 0.3 is 0 Å². The number of nitrogens with zero attached hydrogens (tertiary/aromatic N) is 2. The summed E-state index contributed by atoms with van der Waals surface area (Å²) >= 11 is 3.54. The number of halogens is 1. The zero-order chi connectivity index (χ0) is 16.2. The number of rotatable bonds is 7. The molecule has 0 radical (unpaired) electrons. The smallest absolute Gasteiger partial charge is 0.140 e. The van der Waals surface area contributed by atoms with Crippen LogP contribution in [0.4, 0.5) is 0 Å². The molecule has 0 bridgehead atoms. The molecular formula is C16H23BrN2O2Si. The minimum absolute atomic E-state index is 0.459. The molecular weight excluding hydrogens is 360 g/mol. The molecule has 0 spiro atoms. The maximum absolute atomic E-state index is 5.76. The van der Waals surface area contributed by atoms with Gasteiger partial charge in [-0.3, -0.25) is 0 Å². The Morgan fingerprint density at radius 3 is 2.64 bits per heavy atom. The van der Waals surface area contributed by atoms with Gasteiger partial charge in [-0.05, 0) is 40.2 Å². The van der Waals surface area contributed by atoms with Crippen LogP contribution >= 0.6 is 15.9 Å². The third-order valence-corrected chi connectivity index (χ3v) is 5.67. The van der Waals surface area contributed by atoms with Crippen LogP contribution in [0.25, 0.3) is 11.3 Å². The Morgan fingerprint density at radius 2 is 1.95 bits per heavy atom. The van der Waals surface area contributed by atoms with E-state index >= 15 is 0 Å². The molecule has 1 heterocycles. The van der Waals surface area contributed by atoms with Crippen LogP contribution in [0.15, 0.2) is 34.9 Å². The first kappa shape index (κ1) is 17.2. The fraction of sp³-hybridized carbons (Fsp3) is 0.438. The number of aromatic nitrogens is 2. The van der Waals surface area contributed by atoms with Crippen LogP contribution in [0.1, 0.15) is 0 Å². The van der Waals surface area contributed by atoms with Crippen molar-refractivity contribution in [1.29, 1.82) is 0 Å². The van der Waals surface area contributed by atoms with Gasteiger partial charge < -0.3 is 9.47 Å². The molecule has 22 heavy (non-hydrogen) atoms. The van der Waals surface area contributed by atoms with E-state index in [0.29, 0.717) is 6.73 Å². The van der Waals surface area contributed by atoms with Gasteiger partial charge in [-0.15, -0.1) is 0 Å². The van der Waals surface area contributed by atoms with Crippen molar-refractivity contribution >= 4 is 24.0 Å². The van der Waals surface area contributed by atoms with E-state index in [4.69, 9.17) is 9.47 Å². The Balaban J connectivity index is 2.05. The fourth-order valence-corrected chi connectivity index (χ4v) is 3.16. The van der Waals surface area contributed by atoms with Crippen molar-refractivity contribution in [2.45, 2.75) is 32.4 Å². The number of hydrogen-bond donors (Lipinski definition) is 0. The van der Waals surface area contributed by atoms with E-state index in [0.717, 1.165) is 34.3 Å². The van der Waals surface area contributed by atoms with Crippen LogP contribution in [0, 0.1) is 0 Å². The topological polar surface area (TPSA) is 36.3 Å². The fourth-order valence-electron chi connectivity index (χ4n) is 2.00. The Hall–Kier alpha value is -1.11. The highest BCUT2D eigenvalue weighted by atomic mass is 79.9. The standard InChI is InChI=1S/C16H23BrN2O2Si/c1-20-15-8-6-5-7-13(15)14-11-16(17)19(18-14)12-21-9-10-22(2,3)4/h5-8,11H,9-10,12H2,1-4H3. The molecule has 2 aromatic rings. The van der Waals surface area contributed by atoms with Crippen LogP contribution in [0.5, 0.6) is 5.75 Å². The van der Waals surface area contributed by atoms with Gasteiger partial charge in [0.05, 0.1) is 12.8 Å². The lowest BCUT2D eigenvalue weighted by atomic mass is 10.1. The van der Waals surface area contributed by atoms with Crippen molar-refractivity contribution in [3.8, 4) is 17.0 Å². The van der Waals surface area contributed by atoms with E-state index in [1.54, 1.807) is 7.11 Å². The summed E-state index contributed by atoms with van der Waals surface area (Å²) in [5.74, 6) is 0.819. The minimum Gasteiger partial charge on any atom is -0.496 e. The average Bonchev–Trinajstić information content (AvgIpc) is 2.83. The predicted octanol–water partition coefficient (Wildman–Crippen LogP) is 4.63. The maximum atomic E-state index is 5.76. The molecule has 0 N–H and O–H groups in total. The second kappa shape index (κ2) is 7.44. The molecule has 0 unspecified atom stereocenters. The predicted molar refractivity (Wildman–Crippen MR) is 96.0 cm³/mol. The molecule has 0 saturated carbocycles. The van der Waals surface area contributed by atoms with Gasteiger partial charge in [-0.2, -0.15) is 5.10 Å². The molecule has 1 aromatic heterocycles. The van der Waals surface area contributed by atoms with Gasteiger partial charge in [0, 0.05) is 20.2 Å². The van der Waals surface area contributed by atoms with Crippen molar-refractivity contribution in [2.75, 3.05) is 13.7 Å². The van der Waals surface area contributed by atoms with Gasteiger partial charge in [0.2, 0.25) is 0 Å². The Labute approximate surface area is 141 Å². The Bertz CT molecular complexity index is 623. The summed E-state index contributed by atoms with van der Waals surface area (Å²) in [4.78, 5) is 0. The molecule has 120 valence electrons. The molecule has 0 aliphatic heterocycles. The van der Waals surface area contributed by atoms with Gasteiger partial charge in [-0.1, -0.05) is 31.8 Å². The van der Waals surface area contributed by atoms with E-state index in [1.807, 2.05) is 35.0 Å². The van der Waals surface area contributed by atoms with E-state index in [2.05, 4.69) is 40.7 Å². The summed E-state index contributed by atoms with van der Waals surface area (Å²) in [6, 6.07) is 11.0. The van der Waals surface area contributed by atoms with Crippen molar-refractivity contribution in [3.05, 3.63) is 34.9 Å². The minimum atomic E-state index is -1.05. The molecule has 0 aliphatic carbocycles. The molecule has 4 nitrogen and oxygen atoms in total. The maximum Gasteiger partial charge on any atom is 0.140 e. The molecule has 0 aliphatic rings. The van der Waals surface area contributed by atoms with Gasteiger partial charge in [0.25, 0.3) is 0 Å². The summed E-state index contributed by atoms with van der Waals surface area (Å²) < 4.78 is 13.9. The molecule has 0 amide bonds. The lowest BCUT2D eigenvalue weighted by Crippen LogP contribution is -2.22. The highest BCUT2D eigenvalue weighted by Crippen LogP contribution is 2.30. The van der Waals surface area contributed by atoms with Crippen molar-refractivity contribution in [3.63, 3.8) is 0 Å². The largest absolute Gasteiger partial charge is 0.496 e. The zero-order valence-electron chi connectivity index (χ0n) is 13.6. The first-order valence-corrected chi connectivity index (χ1v) is 11.9. The van der Waals surface area contributed by atoms with Gasteiger partial charge in [0.15, 0.2) is 0 Å². The number of methoxy groups -OCH3 is 1. The van der Waals surface area contributed by atoms with Crippen molar-refractivity contribution in [2.24, 2.45) is 0 Å². The summed E-state index contributed by atoms with van der Waals surface area (Å²) in [6.07, 6.45) is 0. The number of hydrogen-bond acceptors (Lipinski definition) is 3. The quantitative estimate of drug-likeness (QED) is 0.517. The Morgan fingerprint density at radius 1 is 1.23 bits per heavy atom. The van der Waals surface area contributed by atoms with Crippen LogP contribution < -0.4 is 4.74 Å². The van der Waals surface area contributed by atoms with Gasteiger partial charge in [0.1, 0.15) is 17.1 Å². The third kappa shape index (κ3) is 4.69. The van der Waals surface area contributed by atoms with Gasteiger partial charge in [-0.25, -0.2) is 4.68 Å². The molecule has 2 rings (SSSR count). The molecule has 0 saturated heterocycles. The lowest BCUT2D eigenvalue weighted by Gasteiger charge is -2.15. The van der Waals surface area contributed by atoms with E-state index in [-0.39, 0.29) is 0 Å². The van der Waals surface area contributed by atoms with E-state index < -0.39 is 8.07 Å². The second-order valence-electron chi connectivity index (χ2n) is 6.40. The molecule has 6 heteroatoms. The normalized spacial score (nSPS) is 11.7. The highest BCUT2D eigenvalue weighted by molar-refractivity contribution is 9.10. The summed E-state index contributed by atoms with van der Waals surface area (Å²) in [5.41, 5.74) is 1.85.